The van der Waals surface area contributed by atoms with Gasteiger partial charge in [-0.1, -0.05) is 29.8 Å². The van der Waals surface area contributed by atoms with Gasteiger partial charge in [-0.25, -0.2) is 0 Å². The molecule has 4 heteroatoms. The highest BCUT2D eigenvalue weighted by Crippen LogP contribution is 2.24. The maximum absolute atomic E-state index is 5.59. The number of piperazine rings is 1. The van der Waals surface area contributed by atoms with E-state index in [1.165, 1.54) is 22.4 Å². The van der Waals surface area contributed by atoms with E-state index in [2.05, 4.69) is 78.4 Å². The minimum Gasteiger partial charge on any atom is -0.368 e. The van der Waals surface area contributed by atoms with Crippen LogP contribution < -0.4 is 10.2 Å². The van der Waals surface area contributed by atoms with Crippen LogP contribution in [0.4, 0.5) is 11.4 Å². The van der Waals surface area contributed by atoms with E-state index in [-0.39, 0.29) is 0 Å². The zero-order valence-electron chi connectivity index (χ0n) is 14.7. The Labute approximate surface area is 150 Å². The number of rotatable bonds is 2. The standard InChI is InChI=1S/C20H25N3S/c1-15-7-9-18(10-8-15)21-20(24)23-13-11-22(12-14-23)19-6-4-5-16(2)17(19)3/h4-10H,11-14H2,1-3H3,(H,21,24). The van der Waals surface area contributed by atoms with Crippen molar-refractivity contribution < 1.29 is 0 Å². The van der Waals surface area contributed by atoms with E-state index in [0.717, 1.165) is 37.0 Å². The van der Waals surface area contributed by atoms with Gasteiger partial charge in [-0.3, -0.25) is 0 Å². The van der Waals surface area contributed by atoms with E-state index in [0.29, 0.717) is 0 Å². The topological polar surface area (TPSA) is 18.5 Å². The largest absolute Gasteiger partial charge is 0.368 e. The van der Waals surface area contributed by atoms with Crippen LogP contribution in [0.1, 0.15) is 16.7 Å². The zero-order valence-corrected chi connectivity index (χ0v) is 15.5. The van der Waals surface area contributed by atoms with Gasteiger partial charge < -0.3 is 15.1 Å². The van der Waals surface area contributed by atoms with Crippen LogP contribution in [0.5, 0.6) is 0 Å². The molecule has 1 aliphatic heterocycles. The van der Waals surface area contributed by atoms with Crippen LogP contribution in [0.25, 0.3) is 0 Å². The van der Waals surface area contributed by atoms with Crippen LogP contribution >= 0.6 is 12.2 Å². The summed E-state index contributed by atoms with van der Waals surface area (Å²) in [5.74, 6) is 0. The van der Waals surface area contributed by atoms with Crippen LogP contribution in [0, 0.1) is 20.8 Å². The highest BCUT2D eigenvalue weighted by Gasteiger charge is 2.20. The fourth-order valence-corrected chi connectivity index (χ4v) is 3.37. The summed E-state index contributed by atoms with van der Waals surface area (Å²) in [5, 5.41) is 4.17. The summed E-state index contributed by atoms with van der Waals surface area (Å²) in [6.45, 7) is 10.4. The molecule has 0 amide bonds. The molecule has 0 aliphatic carbocycles. The zero-order chi connectivity index (χ0) is 17.1. The van der Waals surface area contributed by atoms with Gasteiger partial charge in [0.1, 0.15) is 0 Å². The molecular weight excluding hydrogens is 314 g/mol. The van der Waals surface area contributed by atoms with Crippen molar-refractivity contribution in [1.29, 1.82) is 0 Å². The summed E-state index contributed by atoms with van der Waals surface area (Å²) in [6, 6.07) is 14.9. The summed E-state index contributed by atoms with van der Waals surface area (Å²) in [6.07, 6.45) is 0. The number of aryl methyl sites for hydroxylation is 2. The smallest absolute Gasteiger partial charge is 0.173 e. The molecule has 1 saturated heterocycles. The Balaban J connectivity index is 1.59. The van der Waals surface area contributed by atoms with Crippen molar-refractivity contribution >= 4 is 28.7 Å². The first-order valence-electron chi connectivity index (χ1n) is 8.48. The highest BCUT2D eigenvalue weighted by molar-refractivity contribution is 7.80. The van der Waals surface area contributed by atoms with Gasteiger partial charge in [-0.15, -0.1) is 0 Å². The number of benzene rings is 2. The SMILES string of the molecule is Cc1ccc(NC(=S)N2CCN(c3cccc(C)c3C)CC2)cc1. The number of thiocarbonyl (C=S) groups is 1. The van der Waals surface area contributed by atoms with Gasteiger partial charge in [0.15, 0.2) is 5.11 Å². The van der Waals surface area contributed by atoms with Crippen molar-refractivity contribution in [1.82, 2.24) is 4.90 Å². The Morgan fingerprint density at radius 1 is 0.917 bits per heavy atom. The molecular formula is C20H25N3S. The first kappa shape index (κ1) is 16.8. The second-order valence-electron chi connectivity index (χ2n) is 6.49. The van der Waals surface area contributed by atoms with E-state index in [1.54, 1.807) is 0 Å². The van der Waals surface area contributed by atoms with Crippen molar-refractivity contribution in [2.45, 2.75) is 20.8 Å². The molecule has 3 nitrogen and oxygen atoms in total. The first-order valence-corrected chi connectivity index (χ1v) is 8.89. The monoisotopic (exact) mass is 339 g/mol. The molecule has 0 radical (unpaired) electrons. The minimum atomic E-state index is 0.819. The van der Waals surface area contributed by atoms with Crippen molar-refractivity contribution in [3.63, 3.8) is 0 Å². The summed E-state index contributed by atoms with van der Waals surface area (Å²) >= 11 is 5.59. The van der Waals surface area contributed by atoms with Crippen LogP contribution in [-0.2, 0) is 0 Å². The van der Waals surface area contributed by atoms with Crippen LogP contribution in [0.3, 0.4) is 0 Å². The number of hydrogen-bond acceptors (Lipinski definition) is 2. The minimum absolute atomic E-state index is 0.819. The number of hydrogen-bond donors (Lipinski definition) is 1. The van der Waals surface area contributed by atoms with Gasteiger partial charge >= 0.3 is 0 Å². The molecule has 1 N–H and O–H groups in total. The average molecular weight is 340 g/mol. The van der Waals surface area contributed by atoms with Crippen molar-refractivity contribution in [3.8, 4) is 0 Å². The van der Waals surface area contributed by atoms with Crippen molar-refractivity contribution in [3.05, 3.63) is 59.2 Å². The molecule has 0 aromatic heterocycles. The van der Waals surface area contributed by atoms with Crippen LogP contribution in [0.15, 0.2) is 42.5 Å². The Bertz CT molecular complexity index is 716. The molecule has 24 heavy (non-hydrogen) atoms. The summed E-state index contributed by atoms with van der Waals surface area (Å²) < 4.78 is 0. The van der Waals surface area contributed by atoms with Gasteiger partial charge in [-0.05, 0) is 62.3 Å². The predicted octanol–water partition coefficient (Wildman–Crippen LogP) is 4.13. The molecule has 126 valence electrons. The second kappa shape index (κ2) is 7.22. The average Bonchev–Trinajstić information content (AvgIpc) is 2.59. The third kappa shape index (κ3) is 3.70. The van der Waals surface area contributed by atoms with Gasteiger partial charge in [-0.2, -0.15) is 0 Å². The first-order chi connectivity index (χ1) is 11.5. The molecule has 0 bridgehead atoms. The second-order valence-corrected chi connectivity index (χ2v) is 6.88. The predicted molar refractivity (Wildman–Crippen MR) is 107 cm³/mol. The van der Waals surface area contributed by atoms with E-state index in [1.807, 2.05) is 0 Å². The Morgan fingerprint density at radius 2 is 1.58 bits per heavy atom. The third-order valence-corrected chi connectivity index (χ3v) is 5.15. The molecule has 1 fully saturated rings. The molecule has 0 unspecified atom stereocenters. The van der Waals surface area contributed by atoms with Gasteiger partial charge in [0.2, 0.25) is 0 Å². The number of nitrogens with one attached hydrogen (secondary N) is 1. The molecule has 3 rings (SSSR count). The number of anilines is 2. The third-order valence-electron chi connectivity index (χ3n) is 4.79. The quantitative estimate of drug-likeness (QED) is 0.829. The Kier molecular flexibility index (Phi) is 5.05. The fourth-order valence-electron chi connectivity index (χ4n) is 3.07. The lowest BCUT2D eigenvalue weighted by Crippen LogP contribution is -2.50. The molecule has 0 saturated carbocycles. The van der Waals surface area contributed by atoms with E-state index in [4.69, 9.17) is 12.2 Å². The molecule has 2 aromatic carbocycles. The lowest BCUT2D eigenvalue weighted by atomic mass is 10.1. The Morgan fingerprint density at radius 3 is 2.25 bits per heavy atom. The molecule has 2 aromatic rings. The molecule has 1 heterocycles. The van der Waals surface area contributed by atoms with Gasteiger partial charge in [0, 0.05) is 37.6 Å². The normalized spacial score (nSPS) is 14.6. The molecule has 1 aliphatic rings. The Hall–Kier alpha value is -2.07. The maximum atomic E-state index is 5.59. The highest BCUT2D eigenvalue weighted by atomic mass is 32.1. The van der Waals surface area contributed by atoms with Crippen molar-refractivity contribution in [2.75, 3.05) is 36.4 Å². The van der Waals surface area contributed by atoms with Crippen LogP contribution in [0.2, 0.25) is 0 Å². The van der Waals surface area contributed by atoms with Gasteiger partial charge in [0.05, 0.1) is 0 Å². The summed E-state index contributed by atoms with van der Waals surface area (Å²) in [5.41, 5.74) is 6.40. The fraction of sp³-hybridized carbons (Fsp3) is 0.350. The van der Waals surface area contributed by atoms with Crippen LogP contribution in [-0.4, -0.2) is 36.2 Å². The lowest BCUT2D eigenvalue weighted by molar-refractivity contribution is 0.390. The lowest BCUT2D eigenvalue weighted by Gasteiger charge is -2.38. The van der Waals surface area contributed by atoms with Crippen molar-refractivity contribution in [2.24, 2.45) is 0 Å². The van der Waals surface area contributed by atoms with E-state index in [9.17, 15) is 0 Å². The maximum Gasteiger partial charge on any atom is 0.173 e. The number of nitrogens with zero attached hydrogens (tertiary/aromatic N) is 2. The van der Waals surface area contributed by atoms with Gasteiger partial charge in [0.25, 0.3) is 0 Å². The molecule has 0 atom stereocenters. The summed E-state index contributed by atoms with van der Waals surface area (Å²) in [7, 11) is 0. The van der Waals surface area contributed by atoms with E-state index < -0.39 is 0 Å². The summed E-state index contributed by atoms with van der Waals surface area (Å²) in [4.78, 5) is 4.73. The molecule has 0 spiro atoms. The van der Waals surface area contributed by atoms with E-state index >= 15 is 0 Å².